The summed E-state index contributed by atoms with van der Waals surface area (Å²) in [6, 6.07) is 7.96. The first-order chi connectivity index (χ1) is 10.2. The van der Waals surface area contributed by atoms with Crippen molar-refractivity contribution in [1.82, 2.24) is 0 Å². The highest BCUT2D eigenvalue weighted by Gasteiger charge is 2.13. The third-order valence-electron chi connectivity index (χ3n) is 2.63. The molecule has 0 fully saturated rings. The van der Waals surface area contributed by atoms with E-state index in [2.05, 4.69) is 10.0 Å². The van der Waals surface area contributed by atoms with Gasteiger partial charge in [-0.25, -0.2) is 17.2 Å². The molecule has 0 spiro atoms. The molecule has 1 amide bonds. The summed E-state index contributed by atoms with van der Waals surface area (Å²) in [7, 11) is -3.59. The van der Waals surface area contributed by atoms with Gasteiger partial charge in [-0.3, -0.25) is 9.52 Å². The first kappa shape index (κ1) is 15.9. The van der Waals surface area contributed by atoms with Crippen molar-refractivity contribution in [2.75, 3.05) is 16.3 Å². The van der Waals surface area contributed by atoms with Crippen LogP contribution in [0.4, 0.5) is 20.2 Å². The molecular formula is C14H12F2N2O3S. The summed E-state index contributed by atoms with van der Waals surface area (Å²) in [6.45, 7) is 0. The first-order valence-electron chi connectivity index (χ1n) is 6.09. The minimum atomic E-state index is -3.59. The van der Waals surface area contributed by atoms with Gasteiger partial charge in [0.1, 0.15) is 11.6 Å². The van der Waals surface area contributed by atoms with Crippen molar-refractivity contribution < 1.29 is 22.0 Å². The number of rotatable bonds is 4. The van der Waals surface area contributed by atoms with Crippen LogP contribution in [-0.2, 0) is 10.0 Å². The maximum atomic E-state index is 13.3. The third-order valence-corrected chi connectivity index (χ3v) is 3.22. The minimum absolute atomic E-state index is 0.0272. The van der Waals surface area contributed by atoms with Crippen LogP contribution in [-0.4, -0.2) is 20.6 Å². The van der Waals surface area contributed by atoms with Crippen molar-refractivity contribution in [1.29, 1.82) is 0 Å². The predicted molar refractivity (Wildman–Crippen MR) is 79.2 cm³/mol. The van der Waals surface area contributed by atoms with Gasteiger partial charge in [-0.15, -0.1) is 0 Å². The molecule has 0 aliphatic heterocycles. The Bertz CT molecular complexity index is 805. The van der Waals surface area contributed by atoms with E-state index in [0.717, 1.165) is 30.5 Å². The molecule has 8 heteroatoms. The smallest absolute Gasteiger partial charge is 0.255 e. The highest BCUT2D eigenvalue weighted by molar-refractivity contribution is 7.92. The van der Waals surface area contributed by atoms with E-state index in [4.69, 9.17) is 0 Å². The van der Waals surface area contributed by atoms with Crippen LogP contribution in [0.2, 0.25) is 0 Å². The zero-order chi connectivity index (χ0) is 16.3. The number of hydrogen-bond donors (Lipinski definition) is 2. The highest BCUT2D eigenvalue weighted by Crippen LogP contribution is 2.24. The van der Waals surface area contributed by atoms with Crippen LogP contribution in [0.1, 0.15) is 10.4 Å². The van der Waals surface area contributed by atoms with E-state index in [-0.39, 0.29) is 16.9 Å². The molecule has 5 nitrogen and oxygen atoms in total. The lowest BCUT2D eigenvalue weighted by molar-refractivity contribution is 0.102. The maximum Gasteiger partial charge on any atom is 0.255 e. The molecule has 0 aliphatic carbocycles. The molecule has 0 saturated carbocycles. The number of hydrogen-bond acceptors (Lipinski definition) is 3. The Morgan fingerprint density at radius 3 is 2.14 bits per heavy atom. The van der Waals surface area contributed by atoms with Crippen molar-refractivity contribution >= 4 is 27.3 Å². The largest absolute Gasteiger partial charge is 0.320 e. The van der Waals surface area contributed by atoms with Crippen LogP contribution < -0.4 is 10.0 Å². The highest BCUT2D eigenvalue weighted by atomic mass is 32.2. The molecule has 2 N–H and O–H groups in total. The molecule has 2 rings (SSSR count). The summed E-state index contributed by atoms with van der Waals surface area (Å²) in [6.07, 6.45) is 0.932. The number of benzene rings is 2. The Kier molecular flexibility index (Phi) is 4.41. The average molecular weight is 326 g/mol. The van der Waals surface area contributed by atoms with E-state index < -0.39 is 27.6 Å². The van der Waals surface area contributed by atoms with Crippen molar-refractivity contribution in [3.63, 3.8) is 0 Å². The van der Waals surface area contributed by atoms with E-state index in [1.807, 2.05) is 0 Å². The zero-order valence-corrected chi connectivity index (χ0v) is 12.2. The number of carbonyl (C=O) groups excluding carboxylic acids is 1. The van der Waals surface area contributed by atoms with E-state index in [0.29, 0.717) is 0 Å². The second-order valence-corrected chi connectivity index (χ2v) is 6.27. The molecule has 0 unspecified atom stereocenters. The number of sulfonamides is 1. The lowest BCUT2D eigenvalue weighted by Gasteiger charge is -2.12. The van der Waals surface area contributed by atoms with Gasteiger partial charge in [-0.1, -0.05) is 0 Å². The number of nitrogens with one attached hydrogen (secondary N) is 2. The number of anilines is 2. The molecule has 0 aliphatic rings. The number of amides is 1. The lowest BCUT2D eigenvalue weighted by Crippen LogP contribution is -2.16. The molecule has 0 aromatic heterocycles. The molecule has 0 bridgehead atoms. The molecule has 0 atom stereocenters. The summed E-state index contributed by atoms with van der Waals surface area (Å²) < 4.78 is 50.8. The van der Waals surface area contributed by atoms with Crippen LogP contribution in [0.3, 0.4) is 0 Å². The molecule has 2 aromatic rings. The van der Waals surface area contributed by atoms with Gasteiger partial charge in [0.05, 0.1) is 17.6 Å². The fraction of sp³-hybridized carbons (Fsp3) is 0.0714. The fourth-order valence-electron chi connectivity index (χ4n) is 1.70. The molecule has 22 heavy (non-hydrogen) atoms. The summed E-state index contributed by atoms with van der Waals surface area (Å²) >= 11 is 0. The van der Waals surface area contributed by atoms with Gasteiger partial charge < -0.3 is 5.32 Å². The summed E-state index contributed by atoms with van der Waals surface area (Å²) in [4.78, 5) is 12.0. The van der Waals surface area contributed by atoms with E-state index >= 15 is 0 Å². The minimum Gasteiger partial charge on any atom is -0.320 e. The standard InChI is InChI=1S/C14H12F2N2O3S/c1-22(20,21)18-12-7-6-11(16)8-13(12)17-14(19)9-2-4-10(15)5-3-9/h2-8,18H,1H3,(H,17,19). The number of carbonyl (C=O) groups is 1. The quantitative estimate of drug-likeness (QED) is 0.907. The Balaban J connectivity index is 2.29. The van der Waals surface area contributed by atoms with Gasteiger partial charge in [-0.05, 0) is 42.5 Å². The summed E-state index contributed by atoms with van der Waals surface area (Å²) in [5.74, 6) is -1.77. The topological polar surface area (TPSA) is 75.3 Å². The molecule has 116 valence electrons. The average Bonchev–Trinajstić information content (AvgIpc) is 2.41. The van der Waals surface area contributed by atoms with Crippen molar-refractivity contribution in [2.24, 2.45) is 0 Å². The van der Waals surface area contributed by atoms with Crippen LogP contribution in [0.25, 0.3) is 0 Å². The summed E-state index contributed by atoms with van der Waals surface area (Å²) in [5.41, 5.74) is 0.134. The van der Waals surface area contributed by atoms with Crippen LogP contribution >= 0.6 is 0 Å². The van der Waals surface area contributed by atoms with Crippen LogP contribution in [0.5, 0.6) is 0 Å². The van der Waals surface area contributed by atoms with Crippen LogP contribution in [0.15, 0.2) is 42.5 Å². The zero-order valence-electron chi connectivity index (χ0n) is 11.4. The fourth-order valence-corrected chi connectivity index (χ4v) is 2.28. The number of halogens is 2. The Hall–Kier alpha value is -2.48. The third kappa shape index (κ3) is 4.26. The summed E-state index contributed by atoms with van der Waals surface area (Å²) in [5, 5.41) is 2.38. The second-order valence-electron chi connectivity index (χ2n) is 4.53. The van der Waals surface area contributed by atoms with Gasteiger partial charge in [0.2, 0.25) is 10.0 Å². The Morgan fingerprint density at radius 1 is 0.955 bits per heavy atom. The van der Waals surface area contributed by atoms with Gasteiger partial charge >= 0.3 is 0 Å². The van der Waals surface area contributed by atoms with Gasteiger partial charge in [0.25, 0.3) is 5.91 Å². The molecular weight excluding hydrogens is 314 g/mol. The van der Waals surface area contributed by atoms with Gasteiger partial charge in [-0.2, -0.15) is 0 Å². The first-order valence-corrected chi connectivity index (χ1v) is 7.98. The van der Waals surface area contributed by atoms with Crippen molar-refractivity contribution in [3.05, 3.63) is 59.7 Å². The lowest BCUT2D eigenvalue weighted by atomic mass is 10.2. The van der Waals surface area contributed by atoms with E-state index in [9.17, 15) is 22.0 Å². The predicted octanol–water partition coefficient (Wildman–Crippen LogP) is 2.59. The normalized spacial score (nSPS) is 11.0. The SMILES string of the molecule is CS(=O)(=O)Nc1ccc(F)cc1NC(=O)c1ccc(F)cc1. The molecule has 2 aromatic carbocycles. The monoisotopic (exact) mass is 326 g/mol. The van der Waals surface area contributed by atoms with E-state index in [1.165, 1.54) is 18.2 Å². The van der Waals surface area contributed by atoms with Crippen LogP contribution in [0, 0.1) is 11.6 Å². The molecule has 0 saturated heterocycles. The maximum absolute atomic E-state index is 13.3. The second kappa shape index (κ2) is 6.10. The Labute approximate surface area is 126 Å². The van der Waals surface area contributed by atoms with Crippen molar-refractivity contribution in [2.45, 2.75) is 0 Å². The molecule has 0 heterocycles. The Morgan fingerprint density at radius 2 is 1.55 bits per heavy atom. The van der Waals surface area contributed by atoms with E-state index in [1.54, 1.807) is 0 Å². The van der Waals surface area contributed by atoms with Gasteiger partial charge in [0, 0.05) is 5.56 Å². The van der Waals surface area contributed by atoms with Gasteiger partial charge in [0.15, 0.2) is 0 Å². The molecule has 0 radical (unpaired) electrons. The van der Waals surface area contributed by atoms with Crippen molar-refractivity contribution in [3.8, 4) is 0 Å².